The van der Waals surface area contributed by atoms with Gasteiger partial charge in [0.1, 0.15) is 6.07 Å². The molecule has 0 radical (unpaired) electrons. The van der Waals surface area contributed by atoms with Crippen LogP contribution in [0.15, 0.2) is 12.1 Å². The Morgan fingerprint density at radius 1 is 1.62 bits per heavy atom. The molecule has 0 aliphatic heterocycles. The summed E-state index contributed by atoms with van der Waals surface area (Å²) in [7, 11) is 0. The molecule has 0 atom stereocenters. The van der Waals surface area contributed by atoms with E-state index in [1.807, 2.05) is 0 Å². The minimum Gasteiger partial charge on any atom is -0.502 e. The summed E-state index contributed by atoms with van der Waals surface area (Å²) < 4.78 is 0. The van der Waals surface area contributed by atoms with Gasteiger partial charge in [-0.3, -0.25) is 14.9 Å². The number of hydrogen-bond acceptors (Lipinski definition) is 5. The molecular formula is C9H5ClN2O4. The Kier molecular flexibility index (Phi) is 3.43. The Morgan fingerprint density at radius 2 is 2.25 bits per heavy atom. The lowest BCUT2D eigenvalue weighted by Crippen LogP contribution is -2.04. The van der Waals surface area contributed by atoms with E-state index >= 15 is 0 Å². The van der Waals surface area contributed by atoms with Crippen molar-refractivity contribution >= 4 is 23.1 Å². The number of ketones is 1. The average molecular weight is 241 g/mol. The van der Waals surface area contributed by atoms with Gasteiger partial charge in [-0.1, -0.05) is 0 Å². The number of halogens is 1. The number of Topliss-reactive ketones (excluding diaryl/α,β-unsaturated/α-hetero) is 1. The summed E-state index contributed by atoms with van der Waals surface area (Å²) in [6, 6.07) is 3.36. The highest BCUT2D eigenvalue weighted by molar-refractivity contribution is 6.30. The van der Waals surface area contributed by atoms with E-state index in [9.17, 15) is 20.0 Å². The third kappa shape index (κ3) is 2.10. The highest BCUT2D eigenvalue weighted by Gasteiger charge is 2.20. The van der Waals surface area contributed by atoms with Gasteiger partial charge in [-0.25, -0.2) is 0 Å². The smallest absolute Gasteiger partial charge is 0.312 e. The zero-order valence-electron chi connectivity index (χ0n) is 7.81. The number of nitrogens with zero attached hydrogens (tertiary/aromatic N) is 2. The largest absolute Gasteiger partial charge is 0.502 e. The van der Waals surface area contributed by atoms with Gasteiger partial charge >= 0.3 is 5.69 Å². The van der Waals surface area contributed by atoms with E-state index in [1.165, 1.54) is 0 Å². The first-order chi connectivity index (χ1) is 7.51. The van der Waals surface area contributed by atoms with Crippen LogP contribution in [0.1, 0.15) is 15.9 Å². The van der Waals surface area contributed by atoms with Gasteiger partial charge in [-0.05, 0) is 6.07 Å². The molecule has 0 aliphatic rings. The summed E-state index contributed by atoms with van der Waals surface area (Å²) in [4.78, 5) is 20.9. The molecule has 0 unspecified atom stereocenters. The van der Waals surface area contributed by atoms with Crippen molar-refractivity contribution in [1.82, 2.24) is 0 Å². The fraction of sp³-hybridized carbons (Fsp3) is 0.111. The number of phenolic OH excluding ortho intramolecular Hbond substituents is 1. The molecule has 0 spiro atoms. The maximum absolute atomic E-state index is 11.3. The fourth-order valence-electron chi connectivity index (χ4n) is 1.12. The summed E-state index contributed by atoms with van der Waals surface area (Å²) >= 11 is 5.30. The van der Waals surface area contributed by atoms with Crippen molar-refractivity contribution in [2.24, 2.45) is 0 Å². The molecule has 0 saturated carbocycles. The van der Waals surface area contributed by atoms with Crippen LogP contribution in [0.25, 0.3) is 0 Å². The van der Waals surface area contributed by atoms with Crippen LogP contribution in [0, 0.1) is 21.4 Å². The maximum Gasteiger partial charge on any atom is 0.312 e. The van der Waals surface area contributed by atoms with Gasteiger partial charge in [-0.2, -0.15) is 5.26 Å². The van der Waals surface area contributed by atoms with E-state index in [4.69, 9.17) is 16.9 Å². The van der Waals surface area contributed by atoms with Gasteiger partial charge in [-0.15, -0.1) is 11.6 Å². The minimum absolute atomic E-state index is 0.124. The monoisotopic (exact) mass is 240 g/mol. The van der Waals surface area contributed by atoms with Gasteiger partial charge in [0, 0.05) is 11.6 Å². The number of nitro groups is 1. The van der Waals surface area contributed by atoms with Crippen LogP contribution in [0.3, 0.4) is 0 Å². The standard InChI is InChI=1S/C9H5ClN2O4/c10-3-9(14)6-2-8(13)7(12(15)16)1-5(6)4-11/h1-2,13H,3H2. The van der Waals surface area contributed by atoms with Crippen molar-refractivity contribution in [2.75, 3.05) is 5.88 Å². The average Bonchev–Trinajstić information content (AvgIpc) is 2.27. The van der Waals surface area contributed by atoms with E-state index in [0.717, 1.165) is 12.1 Å². The molecule has 7 heteroatoms. The van der Waals surface area contributed by atoms with Gasteiger partial charge in [0.15, 0.2) is 11.5 Å². The van der Waals surface area contributed by atoms with Crippen molar-refractivity contribution in [3.63, 3.8) is 0 Å². The summed E-state index contributed by atoms with van der Waals surface area (Å²) in [5.41, 5.74) is -0.932. The van der Waals surface area contributed by atoms with Crippen molar-refractivity contribution in [3.05, 3.63) is 33.4 Å². The molecule has 1 aromatic carbocycles. The number of benzene rings is 1. The molecular weight excluding hydrogens is 236 g/mol. The van der Waals surface area contributed by atoms with Crippen LogP contribution < -0.4 is 0 Å². The van der Waals surface area contributed by atoms with Crippen LogP contribution in [0.4, 0.5) is 5.69 Å². The van der Waals surface area contributed by atoms with Gasteiger partial charge in [0.05, 0.1) is 16.4 Å². The number of carbonyl (C=O) groups is 1. The Bertz CT molecular complexity index is 507. The van der Waals surface area contributed by atoms with Crippen LogP contribution in [0.5, 0.6) is 5.75 Å². The van der Waals surface area contributed by atoms with Crippen molar-refractivity contribution < 1.29 is 14.8 Å². The van der Waals surface area contributed by atoms with Gasteiger partial charge < -0.3 is 5.11 Å². The Morgan fingerprint density at radius 3 is 2.69 bits per heavy atom. The minimum atomic E-state index is -0.842. The van der Waals surface area contributed by atoms with E-state index in [0.29, 0.717) is 0 Å². The second kappa shape index (κ2) is 4.59. The molecule has 1 N–H and O–H groups in total. The SMILES string of the molecule is N#Cc1cc([N+](=O)[O-])c(O)cc1C(=O)CCl. The molecule has 82 valence electrons. The number of hydrogen-bond donors (Lipinski definition) is 1. The van der Waals surface area contributed by atoms with Crippen LogP contribution in [0.2, 0.25) is 0 Å². The summed E-state index contributed by atoms with van der Waals surface area (Å²) in [6.07, 6.45) is 0. The zero-order chi connectivity index (χ0) is 12.3. The highest BCUT2D eigenvalue weighted by Crippen LogP contribution is 2.29. The second-order valence-electron chi connectivity index (χ2n) is 2.81. The topological polar surface area (TPSA) is 104 Å². The summed E-state index contributed by atoms with van der Waals surface area (Å²) in [5, 5.41) is 28.5. The van der Waals surface area contributed by atoms with E-state index in [-0.39, 0.29) is 17.0 Å². The molecule has 6 nitrogen and oxygen atoms in total. The molecule has 16 heavy (non-hydrogen) atoms. The number of carbonyl (C=O) groups excluding carboxylic acids is 1. The molecule has 0 aliphatic carbocycles. The van der Waals surface area contributed by atoms with E-state index in [1.54, 1.807) is 6.07 Å². The molecule has 0 heterocycles. The normalized spacial score (nSPS) is 9.50. The van der Waals surface area contributed by atoms with E-state index in [2.05, 4.69) is 0 Å². The Balaban J connectivity index is 3.45. The number of alkyl halides is 1. The van der Waals surface area contributed by atoms with E-state index < -0.39 is 22.1 Å². The quantitative estimate of drug-likeness (QED) is 0.374. The molecule has 0 bridgehead atoms. The number of rotatable bonds is 3. The first-order valence-electron chi connectivity index (χ1n) is 4.02. The van der Waals surface area contributed by atoms with Crippen LogP contribution >= 0.6 is 11.6 Å². The van der Waals surface area contributed by atoms with Crippen molar-refractivity contribution in [1.29, 1.82) is 5.26 Å². The number of phenols is 1. The Labute approximate surface area is 94.8 Å². The summed E-state index contributed by atoms with van der Waals surface area (Å²) in [6.45, 7) is 0. The molecule has 1 rings (SSSR count). The third-order valence-electron chi connectivity index (χ3n) is 1.85. The Hall–Kier alpha value is -2.13. The first-order valence-corrected chi connectivity index (χ1v) is 4.55. The maximum atomic E-state index is 11.3. The number of aromatic hydroxyl groups is 1. The highest BCUT2D eigenvalue weighted by atomic mass is 35.5. The molecule has 0 amide bonds. The predicted octanol–water partition coefficient (Wildman–Crippen LogP) is 1.59. The third-order valence-corrected chi connectivity index (χ3v) is 2.10. The number of nitriles is 1. The van der Waals surface area contributed by atoms with Crippen LogP contribution in [-0.4, -0.2) is 21.7 Å². The lowest BCUT2D eigenvalue weighted by atomic mass is 10.0. The van der Waals surface area contributed by atoms with Crippen LogP contribution in [-0.2, 0) is 0 Å². The molecule has 1 aromatic rings. The van der Waals surface area contributed by atoms with Crippen molar-refractivity contribution in [2.45, 2.75) is 0 Å². The lowest BCUT2D eigenvalue weighted by Gasteiger charge is -2.02. The van der Waals surface area contributed by atoms with Gasteiger partial charge in [0.2, 0.25) is 0 Å². The van der Waals surface area contributed by atoms with Crippen molar-refractivity contribution in [3.8, 4) is 11.8 Å². The fourth-order valence-corrected chi connectivity index (χ4v) is 1.26. The predicted molar refractivity (Wildman–Crippen MR) is 54.5 cm³/mol. The second-order valence-corrected chi connectivity index (χ2v) is 3.08. The molecule has 0 saturated heterocycles. The zero-order valence-corrected chi connectivity index (χ0v) is 8.56. The molecule has 0 fully saturated rings. The lowest BCUT2D eigenvalue weighted by molar-refractivity contribution is -0.385. The first kappa shape index (κ1) is 11.9. The molecule has 0 aromatic heterocycles. The summed E-state index contributed by atoms with van der Waals surface area (Å²) in [5.74, 6) is -1.62. The number of nitro benzene ring substituents is 1. The van der Waals surface area contributed by atoms with Gasteiger partial charge in [0.25, 0.3) is 0 Å².